The van der Waals surface area contributed by atoms with Crippen LogP contribution in [0.1, 0.15) is 48.7 Å². The Morgan fingerprint density at radius 1 is 1.32 bits per heavy atom. The smallest absolute Gasteiger partial charge is 0.251 e. The molecule has 0 saturated carbocycles. The van der Waals surface area contributed by atoms with Crippen molar-refractivity contribution in [2.24, 2.45) is 5.41 Å². The molecular weight excluding hydrogens is 258 g/mol. The Balaban J connectivity index is 2.88. The first kappa shape index (κ1) is 16.0. The Hall–Kier alpha value is -1.02. The number of hydrogen-bond donors (Lipinski definition) is 1. The molecule has 1 aromatic rings. The average Bonchev–Trinajstić information content (AvgIpc) is 2.26. The van der Waals surface area contributed by atoms with E-state index in [1.54, 1.807) is 0 Å². The monoisotopic (exact) mass is 281 g/mol. The molecule has 2 nitrogen and oxygen atoms in total. The van der Waals surface area contributed by atoms with E-state index in [-0.39, 0.29) is 17.4 Å². The third-order valence-corrected chi connectivity index (χ3v) is 3.59. The van der Waals surface area contributed by atoms with Gasteiger partial charge in [0.25, 0.3) is 5.91 Å². The molecule has 1 N–H and O–H groups in total. The van der Waals surface area contributed by atoms with Crippen LogP contribution in [0.5, 0.6) is 0 Å². The lowest BCUT2D eigenvalue weighted by Gasteiger charge is -2.31. The highest BCUT2D eigenvalue weighted by Gasteiger charge is 2.26. The van der Waals surface area contributed by atoms with Gasteiger partial charge in [-0.3, -0.25) is 4.79 Å². The van der Waals surface area contributed by atoms with Crippen LogP contribution in [-0.2, 0) is 0 Å². The molecule has 1 amide bonds. The molecule has 0 radical (unpaired) electrons. The second kappa shape index (κ2) is 6.42. The van der Waals surface area contributed by atoms with E-state index in [0.717, 1.165) is 17.5 Å². The zero-order chi connectivity index (χ0) is 14.6. The van der Waals surface area contributed by atoms with E-state index in [1.807, 2.05) is 32.0 Å². The average molecular weight is 282 g/mol. The van der Waals surface area contributed by atoms with Crippen LogP contribution in [0.2, 0.25) is 0 Å². The number of rotatable bonds is 4. The van der Waals surface area contributed by atoms with Gasteiger partial charge in [0, 0.05) is 17.5 Å². The van der Waals surface area contributed by atoms with Gasteiger partial charge in [0.15, 0.2) is 0 Å². The van der Waals surface area contributed by atoms with E-state index in [1.165, 1.54) is 5.56 Å². The molecule has 106 valence electrons. The number of carbonyl (C=O) groups is 1. The second-order valence-corrected chi connectivity index (χ2v) is 6.57. The zero-order valence-electron chi connectivity index (χ0n) is 12.5. The van der Waals surface area contributed by atoms with Crippen LogP contribution in [0.3, 0.4) is 0 Å². The van der Waals surface area contributed by atoms with Crippen LogP contribution >= 0.6 is 11.6 Å². The van der Waals surface area contributed by atoms with Gasteiger partial charge in [-0.1, -0.05) is 38.5 Å². The summed E-state index contributed by atoms with van der Waals surface area (Å²) in [5, 5.41) is 3.11. The maximum atomic E-state index is 12.4. The molecule has 0 saturated heterocycles. The minimum atomic E-state index is -0.0115. The number of halogens is 1. The molecular formula is C16H24ClNO. The highest BCUT2D eigenvalue weighted by atomic mass is 35.5. The Labute approximate surface area is 121 Å². The van der Waals surface area contributed by atoms with Crippen LogP contribution in [-0.4, -0.2) is 17.8 Å². The van der Waals surface area contributed by atoms with Gasteiger partial charge in [0.05, 0.1) is 0 Å². The van der Waals surface area contributed by atoms with Crippen molar-refractivity contribution in [3.8, 4) is 0 Å². The topological polar surface area (TPSA) is 29.1 Å². The summed E-state index contributed by atoms with van der Waals surface area (Å²) in [4.78, 5) is 12.4. The Morgan fingerprint density at radius 2 is 1.95 bits per heavy atom. The first-order valence-electron chi connectivity index (χ1n) is 6.70. The van der Waals surface area contributed by atoms with Gasteiger partial charge in [-0.25, -0.2) is 0 Å². The molecule has 0 spiro atoms. The molecule has 1 unspecified atom stereocenters. The number of nitrogens with one attached hydrogen (secondary N) is 1. The Morgan fingerprint density at radius 3 is 2.42 bits per heavy atom. The quantitative estimate of drug-likeness (QED) is 0.828. The number of aryl methyl sites for hydroxylation is 2. The molecule has 1 atom stereocenters. The van der Waals surface area contributed by atoms with Crippen molar-refractivity contribution in [3.05, 3.63) is 34.9 Å². The van der Waals surface area contributed by atoms with Crippen molar-refractivity contribution in [1.29, 1.82) is 0 Å². The van der Waals surface area contributed by atoms with Crippen molar-refractivity contribution < 1.29 is 4.79 Å². The predicted octanol–water partition coefficient (Wildman–Crippen LogP) is 4.08. The minimum absolute atomic E-state index is 0.00313. The second-order valence-electron chi connectivity index (χ2n) is 6.19. The number of amides is 1. The van der Waals surface area contributed by atoms with E-state index in [9.17, 15) is 4.79 Å². The summed E-state index contributed by atoms with van der Waals surface area (Å²) in [6, 6.07) is 5.97. The first-order chi connectivity index (χ1) is 8.75. The molecule has 0 aliphatic rings. The SMILES string of the molecule is Cc1ccc(C(=O)NC(CCCl)C(C)(C)C)c(C)c1. The van der Waals surface area contributed by atoms with Gasteiger partial charge in [-0.05, 0) is 37.3 Å². The van der Waals surface area contributed by atoms with Crippen molar-refractivity contribution in [2.45, 2.75) is 47.1 Å². The molecule has 1 rings (SSSR count). The van der Waals surface area contributed by atoms with Gasteiger partial charge in [0.1, 0.15) is 0 Å². The van der Waals surface area contributed by atoms with Crippen LogP contribution in [0.15, 0.2) is 18.2 Å². The van der Waals surface area contributed by atoms with E-state index in [4.69, 9.17) is 11.6 Å². The highest BCUT2D eigenvalue weighted by molar-refractivity contribution is 6.17. The Bertz CT molecular complexity index is 449. The van der Waals surface area contributed by atoms with Gasteiger partial charge < -0.3 is 5.32 Å². The molecule has 0 heterocycles. The molecule has 1 aromatic carbocycles. The molecule has 0 aliphatic carbocycles. The van der Waals surface area contributed by atoms with Crippen LogP contribution in [0.4, 0.5) is 0 Å². The summed E-state index contributed by atoms with van der Waals surface area (Å²) >= 11 is 5.83. The molecule has 0 bridgehead atoms. The van der Waals surface area contributed by atoms with Gasteiger partial charge in [-0.2, -0.15) is 0 Å². The number of benzene rings is 1. The van der Waals surface area contributed by atoms with E-state index < -0.39 is 0 Å². The van der Waals surface area contributed by atoms with E-state index in [0.29, 0.717) is 5.88 Å². The number of alkyl halides is 1. The lowest BCUT2D eigenvalue weighted by Crippen LogP contribution is -2.44. The predicted molar refractivity (Wildman–Crippen MR) is 82.0 cm³/mol. The highest BCUT2D eigenvalue weighted by Crippen LogP contribution is 2.23. The fourth-order valence-corrected chi connectivity index (χ4v) is 2.35. The molecule has 19 heavy (non-hydrogen) atoms. The van der Waals surface area contributed by atoms with Crippen LogP contribution in [0.25, 0.3) is 0 Å². The maximum Gasteiger partial charge on any atom is 0.251 e. The summed E-state index contributed by atoms with van der Waals surface area (Å²) in [5.41, 5.74) is 2.93. The first-order valence-corrected chi connectivity index (χ1v) is 7.23. The fourth-order valence-electron chi connectivity index (χ4n) is 2.14. The lowest BCUT2D eigenvalue weighted by atomic mass is 9.85. The van der Waals surface area contributed by atoms with Crippen LogP contribution < -0.4 is 5.32 Å². The normalized spacial score (nSPS) is 13.2. The zero-order valence-corrected chi connectivity index (χ0v) is 13.3. The van der Waals surface area contributed by atoms with Gasteiger partial charge in [-0.15, -0.1) is 11.6 Å². The standard InChI is InChI=1S/C16H24ClNO/c1-11-6-7-13(12(2)10-11)15(19)18-14(8-9-17)16(3,4)5/h6-7,10,14H,8-9H2,1-5H3,(H,18,19). The summed E-state index contributed by atoms with van der Waals surface area (Å²) < 4.78 is 0. The molecule has 0 aromatic heterocycles. The fraction of sp³-hybridized carbons (Fsp3) is 0.562. The molecule has 0 aliphatic heterocycles. The van der Waals surface area contributed by atoms with E-state index >= 15 is 0 Å². The minimum Gasteiger partial charge on any atom is -0.349 e. The summed E-state index contributed by atoms with van der Waals surface area (Å²) in [6.07, 6.45) is 0.779. The largest absolute Gasteiger partial charge is 0.349 e. The van der Waals surface area contributed by atoms with Crippen molar-refractivity contribution in [1.82, 2.24) is 5.32 Å². The van der Waals surface area contributed by atoms with Gasteiger partial charge in [0.2, 0.25) is 0 Å². The summed E-state index contributed by atoms with van der Waals surface area (Å²) in [7, 11) is 0. The summed E-state index contributed by atoms with van der Waals surface area (Å²) in [5.74, 6) is 0.539. The summed E-state index contributed by atoms with van der Waals surface area (Å²) in [6.45, 7) is 10.3. The van der Waals surface area contributed by atoms with Crippen LogP contribution in [0, 0.1) is 19.3 Å². The van der Waals surface area contributed by atoms with Gasteiger partial charge >= 0.3 is 0 Å². The maximum absolute atomic E-state index is 12.4. The van der Waals surface area contributed by atoms with Crippen molar-refractivity contribution in [2.75, 3.05) is 5.88 Å². The van der Waals surface area contributed by atoms with Crippen molar-refractivity contribution in [3.63, 3.8) is 0 Å². The molecule has 3 heteroatoms. The number of hydrogen-bond acceptors (Lipinski definition) is 1. The van der Waals surface area contributed by atoms with E-state index in [2.05, 4.69) is 26.1 Å². The third kappa shape index (κ3) is 4.54. The molecule has 0 fully saturated rings. The third-order valence-electron chi connectivity index (χ3n) is 3.38. The lowest BCUT2D eigenvalue weighted by molar-refractivity contribution is 0.0900. The Kier molecular flexibility index (Phi) is 5.42. The van der Waals surface area contributed by atoms with Crippen molar-refractivity contribution >= 4 is 17.5 Å². The number of carbonyl (C=O) groups excluding carboxylic acids is 1.